The fraction of sp³-hybridized carbons (Fsp3) is 0.409. The van der Waals surface area contributed by atoms with Gasteiger partial charge in [0, 0.05) is 35.7 Å². The highest BCUT2D eigenvalue weighted by molar-refractivity contribution is 7.98. The lowest BCUT2D eigenvalue weighted by atomic mass is 9.73. The molecule has 2 aromatic rings. The SMILES string of the molecule is CSc1cccc(NC(=O)N2CCC(CO)(Cc3ccccc3C(F)(F)F)CC2)c1. The topological polar surface area (TPSA) is 52.6 Å². The van der Waals surface area contributed by atoms with Crippen molar-refractivity contribution >= 4 is 23.5 Å². The van der Waals surface area contributed by atoms with Gasteiger partial charge in [0.1, 0.15) is 0 Å². The number of halogens is 3. The molecular weight excluding hydrogens is 413 g/mol. The third kappa shape index (κ3) is 5.29. The van der Waals surface area contributed by atoms with E-state index in [-0.39, 0.29) is 24.6 Å². The summed E-state index contributed by atoms with van der Waals surface area (Å²) in [5.41, 5.74) is -0.445. The molecule has 30 heavy (non-hydrogen) atoms. The number of likely N-dealkylation sites (tertiary alicyclic amines) is 1. The standard InChI is InChI=1S/C22H25F3N2O2S/c1-30-18-7-4-6-17(13-18)26-20(29)27-11-9-21(15-28,10-12-27)14-16-5-2-3-8-19(16)22(23,24)25/h2-8,13,28H,9-12,14-15H2,1H3,(H,26,29). The quantitative estimate of drug-likeness (QED) is 0.625. The lowest BCUT2D eigenvalue weighted by Crippen LogP contribution is -2.47. The van der Waals surface area contributed by atoms with Crippen molar-refractivity contribution in [3.63, 3.8) is 0 Å². The Kier molecular flexibility index (Phi) is 6.98. The maximum atomic E-state index is 13.3. The minimum absolute atomic E-state index is 0.129. The number of aliphatic hydroxyl groups excluding tert-OH is 1. The summed E-state index contributed by atoms with van der Waals surface area (Å²) in [5, 5.41) is 12.9. The van der Waals surface area contributed by atoms with Crippen LogP contribution in [0.5, 0.6) is 0 Å². The van der Waals surface area contributed by atoms with Gasteiger partial charge in [0.15, 0.2) is 0 Å². The number of amides is 2. The number of carbonyl (C=O) groups excluding carboxylic acids is 1. The van der Waals surface area contributed by atoms with Crippen LogP contribution in [0.1, 0.15) is 24.0 Å². The summed E-state index contributed by atoms with van der Waals surface area (Å²) in [4.78, 5) is 15.3. The normalized spacial score (nSPS) is 16.4. The van der Waals surface area contributed by atoms with Crippen LogP contribution >= 0.6 is 11.8 Å². The molecule has 4 nitrogen and oxygen atoms in total. The van der Waals surface area contributed by atoms with Gasteiger partial charge in [-0.05, 0) is 55.3 Å². The molecule has 0 bridgehead atoms. The minimum Gasteiger partial charge on any atom is -0.396 e. The Morgan fingerprint density at radius 2 is 1.87 bits per heavy atom. The molecule has 0 saturated carbocycles. The van der Waals surface area contributed by atoms with E-state index in [0.717, 1.165) is 11.0 Å². The molecule has 162 valence electrons. The third-order valence-corrected chi connectivity index (χ3v) is 6.38. The van der Waals surface area contributed by atoms with Crippen LogP contribution in [0.2, 0.25) is 0 Å². The van der Waals surface area contributed by atoms with Crippen molar-refractivity contribution in [2.75, 3.05) is 31.3 Å². The summed E-state index contributed by atoms with van der Waals surface area (Å²) < 4.78 is 40.0. The van der Waals surface area contributed by atoms with Gasteiger partial charge in [-0.25, -0.2) is 4.79 Å². The highest BCUT2D eigenvalue weighted by atomic mass is 32.2. The van der Waals surface area contributed by atoms with Crippen LogP contribution in [0.3, 0.4) is 0 Å². The van der Waals surface area contributed by atoms with Gasteiger partial charge in [0.2, 0.25) is 0 Å². The van der Waals surface area contributed by atoms with Crippen LogP contribution in [0.25, 0.3) is 0 Å². The van der Waals surface area contributed by atoms with E-state index in [1.807, 2.05) is 30.5 Å². The van der Waals surface area contributed by atoms with Crippen molar-refractivity contribution in [1.82, 2.24) is 4.90 Å². The van der Waals surface area contributed by atoms with Crippen LogP contribution in [0.15, 0.2) is 53.4 Å². The van der Waals surface area contributed by atoms with Gasteiger partial charge in [-0.1, -0.05) is 24.3 Å². The van der Waals surface area contributed by atoms with E-state index in [1.165, 1.54) is 12.1 Å². The molecule has 0 unspecified atom stereocenters. The molecular formula is C22H25F3N2O2S. The Morgan fingerprint density at radius 3 is 2.50 bits per heavy atom. The summed E-state index contributed by atoms with van der Waals surface area (Å²) in [6.45, 7) is 0.538. The Morgan fingerprint density at radius 1 is 1.17 bits per heavy atom. The Balaban J connectivity index is 1.66. The number of rotatable bonds is 5. The fourth-order valence-electron chi connectivity index (χ4n) is 3.83. The molecule has 2 aromatic carbocycles. The molecule has 1 aliphatic rings. The predicted octanol–water partition coefficient (Wildman–Crippen LogP) is 5.28. The number of hydrogen-bond donors (Lipinski definition) is 2. The van der Waals surface area contributed by atoms with Crippen molar-refractivity contribution in [3.8, 4) is 0 Å². The van der Waals surface area contributed by atoms with Gasteiger partial charge in [-0.15, -0.1) is 11.8 Å². The second kappa shape index (κ2) is 9.31. The number of piperidine rings is 1. The first-order valence-electron chi connectivity index (χ1n) is 9.72. The van der Waals surface area contributed by atoms with E-state index in [0.29, 0.717) is 31.6 Å². The molecule has 0 radical (unpaired) electrons. The first-order valence-corrected chi connectivity index (χ1v) is 10.9. The maximum absolute atomic E-state index is 13.3. The molecule has 0 atom stereocenters. The summed E-state index contributed by atoms with van der Waals surface area (Å²) in [5.74, 6) is 0. The molecule has 1 heterocycles. The second-order valence-electron chi connectivity index (χ2n) is 7.64. The molecule has 1 aliphatic heterocycles. The highest BCUT2D eigenvalue weighted by Gasteiger charge is 2.39. The first kappa shape index (κ1) is 22.5. The van der Waals surface area contributed by atoms with Crippen molar-refractivity contribution < 1.29 is 23.1 Å². The minimum atomic E-state index is -4.43. The Labute approximate surface area is 178 Å². The number of aliphatic hydroxyl groups is 1. The van der Waals surface area contributed by atoms with Crippen LogP contribution in [0, 0.1) is 5.41 Å². The largest absolute Gasteiger partial charge is 0.416 e. The van der Waals surface area contributed by atoms with E-state index in [9.17, 15) is 23.1 Å². The lowest BCUT2D eigenvalue weighted by molar-refractivity contribution is -0.138. The summed E-state index contributed by atoms with van der Waals surface area (Å²) in [6.07, 6.45) is -1.47. The fourth-order valence-corrected chi connectivity index (χ4v) is 4.29. The number of carbonyl (C=O) groups is 1. The molecule has 2 amide bonds. The number of urea groups is 1. The van der Waals surface area contributed by atoms with Crippen LogP contribution in [-0.4, -0.2) is 42.0 Å². The third-order valence-electron chi connectivity index (χ3n) is 5.66. The number of thioether (sulfide) groups is 1. The van der Waals surface area contributed by atoms with Crippen molar-refractivity contribution in [2.45, 2.75) is 30.3 Å². The smallest absolute Gasteiger partial charge is 0.396 e. The van der Waals surface area contributed by atoms with Gasteiger partial charge >= 0.3 is 12.2 Å². The summed E-state index contributed by atoms with van der Waals surface area (Å²) in [7, 11) is 0. The molecule has 0 aromatic heterocycles. The van der Waals surface area contributed by atoms with Gasteiger partial charge in [-0.3, -0.25) is 0 Å². The van der Waals surface area contributed by atoms with Crippen LogP contribution in [-0.2, 0) is 12.6 Å². The van der Waals surface area contributed by atoms with E-state index in [1.54, 1.807) is 22.7 Å². The van der Waals surface area contributed by atoms with Crippen molar-refractivity contribution in [1.29, 1.82) is 0 Å². The molecule has 0 spiro atoms. The zero-order valence-corrected chi connectivity index (χ0v) is 17.5. The lowest BCUT2D eigenvalue weighted by Gasteiger charge is -2.41. The first-order chi connectivity index (χ1) is 14.3. The average molecular weight is 439 g/mol. The summed E-state index contributed by atoms with van der Waals surface area (Å²) in [6, 6.07) is 12.8. The van der Waals surface area contributed by atoms with Gasteiger partial charge in [-0.2, -0.15) is 13.2 Å². The van der Waals surface area contributed by atoms with Gasteiger partial charge < -0.3 is 15.3 Å². The highest BCUT2D eigenvalue weighted by Crippen LogP contribution is 2.39. The zero-order valence-electron chi connectivity index (χ0n) is 16.7. The van der Waals surface area contributed by atoms with E-state index in [2.05, 4.69) is 5.32 Å². The van der Waals surface area contributed by atoms with Crippen molar-refractivity contribution in [3.05, 3.63) is 59.7 Å². The molecule has 0 aliphatic carbocycles. The van der Waals surface area contributed by atoms with E-state index < -0.39 is 17.2 Å². The molecule has 3 rings (SSSR count). The van der Waals surface area contributed by atoms with Gasteiger partial charge in [0.05, 0.1) is 5.56 Å². The number of anilines is 1. The average Bonchev–Trinajstić information content (AvgIpc) is 2.74. The van der Waals surface area contributed by atoms with E-state index in [4.69, 9.17) is 0 Å². The van der Waals surface area contributed by atoms with E-state index >= 15 is 0 Å². The number of hydrogen-bond acceptors (Lipinski definition) is 3. The number of nitrogens with zero attached hydrogens (tertiary/aromatic N) is 1. The van der Waals surface area contributed by atoms with Crippen LogP contribution < -0.4 is 5.32 Å². The molecule has 8 heteroatoms. The number of benzene rings is 2. The van der Waals surface area contributed by atoms with Crippen molar-refractivity contribution in [2.24, 2.45) is 5.41 Å². The monoisotopic (exact) mass is 438 g/mol. The Hall–Kier alpha value is -2.19. The van der Waals surface area contributed by atoms with Crippen LogP contribution in [0.4, 0.5) is 23.7 Å². The zero-order chi connectivity index (χ0) is 21.8. The number of nitrogens with one attached hydrogen (secondary N) is 1. The maximum Gasteiger partial charge on any atom is 0.416 e. The number of alkyl halides is 3. The molecule has 2 N–H and O–H groups in total. The molecule has 1 saturated heterocycles. The molecule has 1 fully saturated rings. The summed E-state index contributed by atoms with van der Waals surface area (Å²) >= 11 is 1.58. The predicted molar refractivity (Wildman–Crippen MR) is 113 cm³/mol. The van der Waals surface area contributed by atoms with Gasteiger partial charge in [0.25, 0.3) is 0 Å². The second-order valence-corrected chi connectivity index (χ2v) is 8.52. The Bertz CT molecular complexity index is 881.